The first-order chi connectivity index (χ1) is 11.3. The molecule has 0 spiro atoms. The number of nitrogens with one attached hydrogen (secondary N) is 3. The standard InChI is InChI=1S/C18H31N5O/c1-18(2,23(5)6)13-22-17(20-4)21-11-10-14-8-7-9-15(12-14)16(24)19-3/h7-9,12H,10-11,13H2,1-6H3,(H,19,24)(H2,20,21,22). The normalized spacial score (nSPS) is 12.2. The quantitative estimate of drug-likeness (QED) is 0.516. The maximum atomic E-state index is 11.7. The molecule has 6 nitrogen and oxygen atoms in total. The molecular formula is C18H31N5O. The van der Waals surface area contributed by atoms with Crippen LogP contribution in [0.5, 0.6) is 0 Å². The van der Waals surface area contributed by atoms with E-state index in [1.807, 2.05) is 24.3 Å². The van der Waals surface area contributed by atoms with Crippen LogP contribution in [-0.4, -0.2) is 63.6 Å². The molecule has 1 aromatic carbocycles. The lowest BCUT2D eigenvalue weighted by Gasteiger charge is -2.33. The molecule has 3 N–H and O–H groups in total. The lowest BCUT2D eigenvalue weighted by Crippen LogP contribution is -2.51. The zero-order valence-corrected chi connectivity index (χ0v) is 15.7. The summed E-state index contributed by atoms with van der Waals surface area (Å²) in [6.07, 6.45) is 0.822. The van der Waals surface area contributed by atoms with E-state index < -0.39 is 0 Å². The van der Waals surface area contributed by atoms with Gasteiger partial charge in [0.05, 0.1) is 0 Å². The average Bonchev–Trinajstić information content (AvgIpc) is 2.57. The monoisotopic (exact) mass is 333 g/mol. The van der Waals surface area contributed by atoms with Gasteiger partial charge in [-0.05, 0) is 52.1 Å². The van der Waals surface area contributed by atoms with Crippen LogP contribution in [0.2, 0.25) is 0 Å². The Balaban J connectivity index is 2.49. The van der Waals surface area contributed by atoms with E-state index in [1.54, 1.807) is 14.1 Å². The second kappa shape index (κ2) is 9.27. The number of benzene rings is 1. The maximum Gasteiger partial charge on any atom is 0.251 e. The maximum absolute atomic E-state index is 11.7. The van der Waals surface area contributed by atoms with Gasteiger partial charge in [0.2, 0.25) is 0 Å². The second-order valence-corrected chi connectivity index (χ2v) is 6.59. The molecule has 1 aromatic rings. The summed E-state index contributed by atoms with van der Waals surface area (Å²) in [6, 6.07) is 7.68. The van der Waals surface area contributed by atoms with Crippen molar-refractivity contribution in [2.75, 3.05) is 41.3 Å². The summed E-state index contributed by atoms with van der Waals surface area (Å²) in [5.74, 6) is 0.723. The summed E-state index contributed by atoms with van der Waals surface area (Å²) in [5.41, 5.74) is 1.84. The smallest absolute Gasteiger partial charge is 0.251 e. The molecule has 0 aliphatic rings. The molecule has 0 heterocycles. The predicted octanol–water partition coefficient (Wildman–Crippen LogP) is 1.09. The number of amides is 1. The van der Waals surface area contributed by atoms with Crippen molar-refractivity contribution >= 4 is 11.9 Å². The Bertz CT molecular complexity index is 566. The highest BCUT2D eigenvalue weighted by Crippen LogP contribution is 2.08. The van der Waals surface area contributed by atoms with E-state index in [2.05, 4.69) is 53.8 Å². The number of aliphatic imine (C=N–C) groups is 1. The molecule has 0 fully saturated rings. The Morgan fingerprint density at radius 1 is 1.25 bits per heavy atom. The molecule has 24 heavy (non-hydrogen) atoms. The fraction of sp³-hybridized carbons (Fsp3) is 0.556. The highest BCUT2D eigenvalue weighted by Gasteiger charge is 2.20. The molecule has 0 aromatic heterocycles. The van der Waals surface area contributed by atoms with Crippen molar-refractivity contribution in [2.45, 2.75) is 25.8 Å². The van der Waals surface area contributed by atoms with Crippen molar-refractivity contribution in [3.8, 4) is 0 Å². The van der Waals surface area contributed by atoms with E-state index in [9.17, 15) is 4.79 Å². The SMILES string of the molecule is CN=C(NCCc1cccc(C(=O)NC)c1)NCC(C)(C)N(C)C. The first kappa shape index (κ1) is 20.0. The highest BCUT2D eigenvalue weighted by molar-refractivity contribution is 5.94. The number of nitrogens with zero attached hydrogens (tertiary/aromatic N) is 2. The molecule has 0 aliphatic carbocycles. The summed E-state index contributed by atoms with van der Waals surface area (Å²) in [6.45, 7) is 5.90. The van der Waals surface area contributed by atoms with Gasteiger partial charge in [-0.3, -0.25) is 9.79 Å². The number of likely N-dealkylation sites (N-methyl/N-ethyl adjacent to an activating group) is 1. The number of guanidine groups is 1. The van der Waals surface area contributed by atoms with Crippen LogP contribution in [0.3, 0.4) is 0 Å². The van der Waals surface area contributed by atoms with Gasteiger partial charge in [0.15, 0.2) is 5.96 Å². The second-order valence-electron chi connectivity index (χ2n) is 6.59. The summed E-state index contributed by atoms with van der Waals surface area (Å²) in [4.78, 5) is 18.1. The molecule has 0 saturated carbocycles. The van der Waals surface area contributed by atoms with Crippen LogP contribution < -0.4 is 16.0 Å². The van der Waals surface area contributed by atoms with E-state index in [-0.39, 0.29) is 11.4 Å². The molecule has 0 atom stereocenters. The Morgan fingerprint density at radius 3 is 2.54 bits per heavy atom. The van der Waals surface area contributed by atoms with Gasteiger partial charge in [-0.25, -0.2) is 0 Å². The lowest BCUT2D eigenvalue weighted by atomic mass is 10.0. The Morgan fingerprint density at radius 2 is 1.96 bits per heavy atom. The van der Waals surface area contributed by atoms with Gasteiger partial charge in [-0.2, -0.15) is 0 Å². The summed E-state index contributed by atoms with van der Waals surface area (Å²) >= 11 is 0. The van der Waals surface area contributed by atoms with E-state index in [1.165, 1.54) is 0 Å². The molecule has 0 bridgehead atoms. The van der Waals surface area contributed by atoms with Crippen molar-refractivity contribution in [3.63, 3.8) is 0 Å². The number of hydrogen-bond donors (Lipinski definition) is 3. The lowest BCUT2D eigenvalue weighted by molar-refractivity contribution is 0.0963. The third-order valence-electron chi connectivity index (χ3n) is 4.25. The Kier molecular flexibility index (Phi) is 7.71. The minimum atomic E-state index is -0.0618. The first-order valence-electron chi connectivity index (χ1n) is 8.23. The predicted molar refractivity (Wildman–Crippen MR) is 101 cm³/mol. The van der Waals surface area contributed by atoms with Crippen LogP contribution in [-0.2, 0) is 6.42 Å². The van der Waals surface area contributed by atoms with Crippen molar-refractivity contribution < 1.29 is 4.79 Å². The van der Waals surface area contributed by atoms with Gasteiger partial charge in [-0.1, -0.05) is 12.1 Å². The molecule has 134 valence electrons. The molecule has 6 heteroatoms. The van der Waals surface area contributed by atoms with Crippen LogP contribution >= 0.6 is 0 Å². The topological polar surface area (TPSA) is 68.8 Å². The van der Waals surface area contributed by atoms with Crippen LogP contribution in [0.4, 0.5) is 0 Å². The van der Waals surface area contributed by atoms with E-state index in [0.717, 1.165) is 31.0 Å². The van der Waals surface area contributed by atoms with Crippen LogP contribution in [0.15, 0.2) is 29.3 Å². The fourth-order valence-corrected chi connectivity index (χ4v) is 2.02. The minimum absolute atomic E-state index is 0.0411. The van der Waals surface area contributed by atoms with Gasteiger partial charge in [0, 0.05) is 38.3 Å². The van der Waals surface area contributed by atoms with Gasteiger partial charge in [-0.15, -0.1) is 0 Å². The number of carbonyl (C=O) groups excluding carboxylic acids is 1. The number of carbonyl (C=O) groups is 1. The summed E-state index contributed by atoms with van der Waals surface area (Å²) in [5, 5.41) is 9.31. The van der Waals surface area contributed by atoms with Crippen molar-refractivity contribution in [1.29, 1.82) is 0 Å². The molecule has 1 amide bonds. The van der Waals surface area contributed by atoms with Gasteiger partial charge >= 0.3 is 0 Å². The molecule has 0 unspecified atom stereocenters. The zero-order chi connectivity index (χ0) is 18.2. The van der Waals surface area contributed by atoms with Crippen LogP contribution in [0, 0.1) is 0 Å². The first-order valence-corrected chi connectivity index (χ1v) is 8.23. The fourth-order valence-electron chi connectivity index (χ4n) is 2.02. The third kappa shape index (κ3) is 6.20. The minimum Gasteiger partial charge on any atom is -0.356 e. The molecule has 1 rings (SSSR count). The number of rotatable bonds is 7. The van der Waals surface area contributed by atoms with E-state index in [4.69, 9.17) is 0 Å². The molecule has 0 radical (unpaired) electrons. The zero-order valence-electron chi connectivity index (χ0n) is 15.7. The summed E-state index contributed by atoms with van der Waals surface area (Å²) < 4.78 is 0. The van der Waals surface area contributed by atoms with Crippen LogP contribution in [0.25, 0.3) is 0 Å². The van der Waals surface area contributed by atoms with Crippen molar-refractivity contribution in [1.82, 2.24) is 20.9 Å². The number of hydrogen-bond acceptors (Lipinski definition) is 3. The Hall–Kier alpha value is -2.08. The van der Waals surface area contributed by atoms with Crippen molar-refractivity contribution in [3.05, 3.63) is 35.4 Å². The third-order valence-corrected chi connectivity index (χ3v) is 4.25. The summed E-state index contributed by atoms with van der Waals surface area (Å²) in [7, 11) is 7.54. The largest absolute Gasteiger partial charge is 0.356 e. The Labute approximate surface area is 145 Å². The van der Waals surface area contributed by atoms with E-state index >= 15 is 0 Å². The van der Waals surface area contributed by atoms with Crippen molar-refractivity contribution in [2.24, 2.45) is 4.99 Å². The highest BCUT2D eigenvalue weighted by atomic mass is 16.1. The molecular weight excluding hydrogens is 302 g/mol. The van der Waals surface area contributed by atoms with Gasteiger partial charge < -0.3 is 20.9 Å². The van der Waals surface area contributed by atoms with Gasteiger partial charge in [0.1, 0.15) is 0 Å². The molecule has 0 saturated heterocycles. The van der Waals surface area contributed by atoms with Crippen LogP contribution in [0.1, 0.15) is 29.8 Å². The van der Waals surface area contributed by atoms with E-state index in [0.29, 0.717) is 5.56 Å². The van der Waals surface area contributed by atoms with Gasteiger partial charge in [0.25, 0.3) is 5.91 Å². The molecule has 0 aliphatic heterocycles. The average molecular weight is 333 g/mol.